The molecule has 2 aromatic carbocycles. The van der Waals surface area contributed by atoms with Crippen molar-refractivity contribution in [1.82, 2.24) is 10.3 Å². The Kier molecular flexibility index (Phi) is 4.25. The third kappa shape index (κ3) is 2.81. The number of phenolic OH excluding ortho intramolecular Hbond substituents is 2. The van der Waals surface area contributed by atoms with Crippen molar-refractivity contribution in [2.75, 3.05) is 7.11 Å². The summed E-state index contributed by atoms with van der Waals surface area (Å²) in [5, 5.41) is 26.4. The van der Waals surface area contributed by atoms with E-state index >= 15 is 0 Å². The van der Waals surface area contributed by atoms with Crippen molar-refractivity contribution in [3.63, 3.8) is 0 Å². The molecule has 0 radical (unpaired) electrons. The normalized spacial score (nSPS) is 19.8. The lowest BCUT2D eigenvalue weighted by molar-refractivity contribution is -0.131. The summed E-state index contributed by atoms with van der Waals surface area (Å²) in [7, 11) is 1.53. The van der Waals surface area contributed by atoms with Crippen molar-refractivity contribution < 1.29 is 24.5 Å². The van der Waals surface area contributed by atoms with Gasteiger partial charge in [-0.1, -0.05) is 18.2 Å². The van der Waals surface area contributed by atoms with E-state index in [-0.39, 0.29) is 17.1 Å². The molecule has 1 saturated heterocycles. The van der Waals surface area contributed by atoms with E-state index in [0.717, 1.165) is 6.21 Å². The zero-order chi connectivity index (χ0) is 18.9. The molecule has 0 unspecified atom stereocenters. The Hall–Kier alpha value is -3.55. The zero-order valence-corrected chi connectivity index (χ0v) is 14.1. The van der Waals surface area contributed by atoms with Crippen LogP contribution in [-0.4, -0.2) is 40.5 Å². The fraction of sp³-hybridized carbons (Fsp3) is 0.167. The maximum Gasteiger partial charge on any atom is 0.346 e. The quantitative estimate of drug-likeness (QED) is 0.441. The molecule has 26 heavy (non-hydrogen) atoms. The van der Waals surface area contributed by atoms with Crippen LogP contribution in [0.1, 0.15) is 18.1 Å². The topological polar surface area (TPSA) is 111 Å². The van der Waals surface area contributed by atoms with Crippen LogP contribution < -0.4 is 10.1 Å². The van der Waals surface area contributed by atoms with Crippen LogP contribution in [-0.2, 0) is 10.3 Å². The second-order valence-electron chi connectivity index (χ2n) is 5.86. The molecule has 0 aromatic heterocycles. The van der Waals surface area contributed by atoms with Gasteiger partial charge in [-0.05, 0) is 36.8 Å². The Bertz CT molecular complexity index is 894. The maximum atomic E-state index is 12.8. The molecule has 0 aliphatic carbocycles. The van der Waals surface area contributed by atoms with E-state index < -0.39 is 17.5 Å². The number of methoxy groups -OCH3 is 1. The molecule has 1 atom stereocenters. The number of benzene rings is 2. The molecule has 2 aromatic rings. The van der Waals surface area contributed by atoms with Crippen LogP contribution in [0.15, 0.2) is 47.6 Å². The lowest BCUT2D eigenvalue weighted by Crippen LogP contribution is -2.40. The number of nitrogens with one attached hydrogen (secondary N) is 1. The first-order valence-electron chi connectivity index (χ1n) is 7.73. The van der Waals surface area contributed by atoms with Crippen LogP contribution in [0.4, 0.5) is 4.79 Å². The van der Waals surface area contributed by atoms with Gasteiger partial charge in [0.15, 0.2) is 11.5 Å². The second kappa shape index (κ2) is 6.40. The van der Waals surface area contributed by atoms with E-state index in [1.54, 1.807) is 31.2 Å². The first-order valence-corrected chi connectivity index (χ1v) is 7.73. The first kappa shape index (κ1) is 17.3. The highest BCUT2D eigenvalue weighted by atomic mass is 16.5. The monoisotopic (exact) mass is 355 g/mol. The number of amides is 3. The summed E-state index contributed by atoms with van der Waals surface area (Å²) in [4.78, 5) is 25.0. The van der Waals surface area contributed by atoms with E-state index in [2.05, 4.69) is 10.4 Å². The number of rotatable bonds is 4. The van der Waals surface area contributed by atoms with Gasteiger partial charge in [0.05, 0.1) is 13.3 Å². The summed E-state index contributed by atoms with van der Waals surface area (Å²) in [5.41, 5.74) is -0.528. The average Bonchev–Trinajstić information content (AvgIpc) is 2.86. The van der Waals surface area contributed by atoms with Crippen molar-refractivity contribution in [2.24, 2.45) is 5.10 Å². The highest BCUT2D eigenvalue weighted by molar-refractivity contribution is 6.07. The number of nitrogens with zero attached hydrogens (tertiary/aromatic N) is 2. The van der Waals surface area contributed by atoms with Gasteiger partial charge in [0.1, 0.15) is 11.3 Å². The number of phenols is 2. The Morgan fingerprint density at radius 1 is 1.15 bits per heavy atom. The van der Waals surface area contributed by atoms with Gasteiger partial charge in [-0.3, -0.25) is 4.79 Å². The van der Waals surface area contributed by atoms with Crippen molar-refractivity contribution in [2.45, 2.75) is 12.5 Å². The van der Waals surface area contributed by atoms with Gasteiger partial charge in [0.25, 0.3) is 5.91 Å². The third-order valence-electron chi connectivity index (χ3n) is 4.19. The van der Waals surface area contributed by atoms with Crippen LogP contribution in [0.2, 0.25) is 0 Å². The molecule has 8 nitrogen and oxygen atoms in total. The lowest BCUT2D eigenvalue weighted by Gasteiger charge is -2.21. The molecule has 3 rings (SSSR count). The lowest BCUT2D eigenvalue weighted by atomic mass is 9.92. The van der Waals surface area contributed by atoms with Gasteiger partial charge in [-0.25, -0.2) is 4.79 Å². The number of aromatic hydroxyl groups is 2. The van der Waals surface area contributed by atoms with Gasteiger partial charge in [-0.15, -0.1) is 5.01 Å². The number of para-hydroxylation sites is 1. The molecule has 3 N–H and O–H groups in total. The highest BCUT2D eigenvalue weighted by Crippen LogP contribution is 2.31. The highest BCUT2D eigenvalue weighted by Gasteiger charge is 2.49. The minimum atomic E-state index is -1.28. The van der Waals surface area contributed by atoms with Gasteiger partial charge < -0.3 is 20.3 Å². The van der Waals surface area contributed by atoms with Crippen molar-refractivity contribution in [3.8, 4) is 17.2 Å². The second-order valence-corrected chi connectivity index (χ2v) is 5.86. The molecular formula is C18H17N3O5. The predicted molar refractivity (Wildman–Crippen MR) is 93.1 cm³/mol. The van der Waals surface area contributed by atoms with Crippen LogP contribution in [0.25, 0.3) is 0 Å². The zero-order valence-electron chi connectivity index (χ0n) is 14.1. The molecule has 1 fully saturated rings. The molecule has 1 aliphatic heterocycles. The fourth-order valence-corrected chi connectivity index (χ4v) is 2.62. The Morgan fingerprint density at radius 3 is 2.50 bits per heavy atom. The van der Waals surface area contributed by atoms with E-state index in [0.29, 0.717) is 16.3 Å². The summed E-state index contributed by atoms with van der Waals surface area (Å²) < 4.78 is 5.09. The van der Waals surface area contributed by atoms with Gasteiger partial charge in [0, 0.05) is 5.56 Å². The third-order valence-corrected chi connectivity index (χ3v) is 4.19. The number of carbonyl (C=O) groups excluding carboxylic acids is 2. The number of hydrogen-bond donors (Lipinski definition) is 3. The van der Waals surface area contributed by atoms with Crippen molar-refractivity contribution >= 4 is 18.2 Å². The molecule has 1 aliphatic rings. The molecule has 134 valence electrons. The Labute approximate surface area is 149 Å². The summed E-state index contributed by atoms with van der Waals surface area (Å²) in [6.45, 7) is 1.58. The molecule has 1 heterocycles. The van der Waals surface area contributed by atoms with E-state index in [9.17, 15) is 19.8 Å². The van der Waals surface area contributed by atoms with Gasteiger partial charge >= 0.3 is 6.03 Å². The number of carbonyl (C=O) groups is 2. The predicted octanol–water partition coefficient (Wildman–Crippen LogP) is 1.91. The van der Waals surface area contributed by atoms with Crippen LogP contribution in [0, 0.1) is 0 Å². The fourth-order valence-electron chi connectivity index (χ4n) is 2.62. The number of imide groups is 1. The first-order chi connectivity index (χ1) is 12.4. The minimum absolute atomic E-state index is 0.170. The molecule has 8 heteroatoms. The standard InChI is InChI=1S/C18H17N3O5/c1-18(12-6-8-13(26-2)9-7-12)16(24)21(17(25)20-18)19-10-11-4-3-5-14(22)15(11)23/h3-10,22-23H,1-2H3,(H,20,25)/b19-10+/t18-/m1/s1. The number of ether oxygens (including phenoxy) is 1. The van der Waals surface area contributed by atoms with Crippen LogP contribution in [0.3, 0.4) is 0 Å². The average molecular weight is 355 g/mol. The molecular weight excluding hydrogens is 338 g/mol. The van der Waals surface area contributed by atoms with E-state index in [1.165, 1.54) is 25.3 Å². The summed E-state index contributed by atoms with van der Waals surface area (Å²) in [6.07, 6.45) is 1.13. The smallest absolute Gasteiger partial charge is 0.346 e. The number of urea groups is 1. The molecule has 3 amide bonds. The van der Waals surface area contributed by atoms with E-state index in [4.69, 9.17) is 4.74 Å². The summed E-state index contributed by atoms with van der Waals surface area (Å²) in [6, 6.07) is 10.4. The molecule has 0 spiro atoms. The van der Waals surface area contributed by atoms with E-state index in [1.807, 2.05) is 0 Å². The SMILES string of the molecule is COc1ccc([C@@]2(C)NC(=O)N(/N=C/c3cccc(O)c3O)C2=O)cc1. The molecule has 0 saturated carbocycles. The Morgan fingerprint density at radius 2 is 1.85 bits per heavy atom. The van der Waals surface area contributed by atoms with Crippen LogP contribution >= 0.6 is 0 Å². The molecule has 0 bridgehead atoms. The largest absolute Gasteiger partial charge is 0.504 e. The van der Waals surface area contributed by atoms with Crippen molar-refractivity contribution in [3.05, 3.63) is 53.6 Å². The Balaban J connectivity index is 1.88. The van der Waals surface area contributed by atoms with Crippen molar-refractivity contribution in [1.29, 1.82) is 0 Å². The summed E-state index contributed by atoms with van der Waals surface area (Å²) in [5.74, 6) is -0.651. The number of hydrazone groups is 1. The number of hydrogen-bond acceptors (Lipinski definition) is 6. The van der Waals surface area contributed by atoms with Gasteiger partial charge in [-0.2, -0.15) is 5.10 Å². The maximum absolute atomic E-state index is 12.8. The summed E-state index contributed by atoms with van der Waals surface area (Å²) >= 11 is 0. The van der Waals surface area contributed by atoms with Crippen LogP contribution in [0.5, 0.6) is 17.2 Å². The minimum Gasteiger partial charge on any atom is -0.504 e. The van der Waals surface area contributed by atoms with Gasteiger partial charge in [0.2, 0.25) is 0 Å².